The molecule has 1 N–H and O–H groups in total. The number of hydrogen-bond acceptors (Lipinski definition) is 4. The van der Waals surface area contributed by atoms with Crippen LogP contribution in [-0.4, -0.2) is 76.4 Å². The van der Waals surface area contributed by atoms with Crippen LogP contribution in [-0.2, 0) is 11.3 Å². The van der Waals surface area contributed by atoms with E-state index in [1.165, 1.54) is 4.90 Å². The van der Waals surface area contributed by atoms with Crippen LogP contribution in [0.25, 0.3) is 0 Å². The molecule has 0 radical (unpaired) electrons. The Morgan fingerprint density at radius 2 is 1.74 bits per heavy atom. The summed E-state index contributed by atoms with van der Waals surface area (Å²) in [6, 6.07) is 9.68. The van der Waals surface area contributed by atoms with E-state index in [0.29, 0.717) is 39.3 Å². The van der Waals surface area contributed by atoms with Crippen LogP contribution in [0.1, 0.15) is 33.3 Å². The monoisotopic (exact) mass is 377 g/mol. The standard InChI is InChI=1S/C20H31N3O4/c1-16(14-23(18(24)25)15-17-8-6-5-7-9-17)21-10-12-22(13-11-21)19(26)27-20(2,3)4/h5-9,16H,10-15H2,1-4H3,(H,24,25). The molecular weight excluding hydrogens is 346 g/mol. The summed E-state index contributed by atoms with van der Waals surface area (Å²) in [4.78, 5) is 29.2. The molecule has 1 aliphatic rings. The highest BCUT2D eigenvalue weighted by molar-refractivity contribution is 5.68. The zero-order valence-electron chi connectivity index (χ0n) is 16.7. The first-order valence-corrected chi connectivity index (χ1v) is 9.39. The topological polar surface area (TPSA) is 73.3 Å². The van der Waals surface area contributed by atoms with Crippen LogP contribution in [0, 0.1) is 0 Å². The molecule has 0 aromatic heterocycles. The number of amides is 2. The van der Waals surface area contributed by atoms with Crippen LogP contribution in [0.2, 0.25) is 0 Å². The number of piperazine rings is 1. The first kappa shape index (κ1) is 21.0. The highest BCUT2D eigenvalue weighted by Crippen LogP contribution is 2.14. The number of hydrogen-bond donors (Lipinski definition) is 1. The van der Waals surface area contributed by atoms with E-state index >= 15 is 0 Å². The molecule has 7 heteroatoms. The second kappa shape index (κ2) is 9.08. The average molecular weight is 377 g/mol. The van der Waals surface area contributed by atoms with Crippen molar-refractivity contribution in [3.63, 3.8) is 0 Å². The normalized spacial score (nSPS) is 16.7. The van der Waals surface area contributed by atoms with Crippen molar-refractivity contribution in [2.75, 3.05) is 32.7 Å². The summed E-state index contributed by atoms with van der Waals surface area (Å²) in [5.74, 6) is 0. The Morgan fingerprint density at radius 1 is 1.15 bits per heavy atom. The summed E-state index contributed by atoms with van der Waals surface area (Å²) in [6.45, 7) is 11.0. The molecule has 1 atom stereocenters. The molecule has 150 valence electrons. The van der Waals surface area contributed by atoms with Crippen LogP contribution in [0.15, 0.2) is 30.3 Å². The van der Waals surface area contributed by atoms with Gasteiger partial charge in [-0.2, -0.15) is 0 Å². The molecule has 0 bridgehead atoms. The Kier molecular flexibility index (Phi) is 7.07. The zero-order valence-corrected chi connectivity index (χ0v) is 16.7. The Balaban J connectivity index is 1.86. The molecule has 1 aromatic rings. The van der Waals surface area contributed by atoms with Gasteiger partial charge in [-0.25, -0.2) is 9.59 Å². The van der Waals surface area contributed by atoms with Crippen LogP contribution in [0.5, 0.6) is 0 Å². The smallest absolute Gasteiger partial charge is 0.410 e. The van der Waals surface area contributed by atoms with E-state index in [9.17, 15) is 14.7 Å². The number of carboxylic acid groups (broad SMARTS) is 1. The Labute approximate surface area is 161 Å². The van der Waals surface area contributed by atoms with Crippen LogP contribution in [0.3, 0.4) is 0 Å². The SMILES string of the molecule is CC(CN(Cc1ccccc1)C(=O)O)N1CCN(C(=O)OC(C)(C)C)CC1. The lowest BCUT2D eigenvalue weighted by Crippen LogP contribution is -2.54. The van der Waals surface area contributed by atoms with Crippen molar-refractivity contribution >= 4 is 12.2 Å². The van der Waals surface area contributed by atoms with Gasteiger partial charge in [-0.3, -0.25) is 4.90 Å². The van der Waals surface area contributed by atoms with E-state index < -0.39 is 11.7 Å². The van der Waals surface area contributed by atoms with Crippen molar-refractivity contribution in [1.29, 1.82) is 0 Å². The molecule has 1 unspecified atom stereocenters. The molecule has 1 aromatic carbocycles. The second-order valence-electron chi connectivity index (χ2n) is 8.00. The van der Waals surface area contributed by atoms with Crippen molar-refractivity contribution in [1.82, 2.24) is 14.7 Å². The molecule has 27 heavy (non-hydrogen) atoms. The summed E-state index contributed by atoms with van der Waals surface area (Å²) in [5.41, 5.74) is 0.475. The maximum absolute atomic E-state index is 12.2. The zero-order chi connectivity index (χ0) is 20.0. The number of carbonyl (C=O) groups excluding carboxylic acids is 1. The predicted molar refractivity (Wildman–Crippen MR) is 104 cm³/mol. The lowest BCUT2D eigenvalue weighted by molar-refractivity contribution is 0.00949. The third-order valence-electron chi connectivity index (χ3n) is 4.56. The van der Waals surface area contributed by atoms with Crippen molar-refractivity contribution in [2.45, 2.75) is 45.9 Å². The quantitative estimate of drug-likeness (QED) is 0.853. The van der Waals surface area contributed by atoms with Gasteiger partial charge in [-0.1, -0.05) is 30.3 Å². The van der Waals surface area contributed by atoms with E-state index in [2.05, 4.69) is 4.90 Å². The number of nitrogens with zero attached hydrogens (tertiary/aromatic N) is 3. The van der Waals surface area contributed by atoms with Crippen molar-refractivity contribution in [3.05, 3.63) is 35.9 Å². The van der Waals surface area contributed by atoms with Gasteiger partial charge in [0.1, 0.15) is 5.60 Å². The lowest BCUT2D eigenvalue weighted by Gasteiger charge is -2.39. The molecule has 0 aliphatic carbocycles. The fourth-order valence-corrected chi connectivity index (χ4v) is 3.12. The highest BCUT2D eigenvalue weighted by atomic mass is 16.6. The number of ether oxygens (including phenoxy) is 1. The largest absolute Gasteiger partial charge is 0.465 e. The van der Waals surface area contributed by atoms with Crippen LogP contribution < -0.4 is 0 Å². The van der Waals surface area contributed by atoms with Crippen LogP contribution >= 0.6 is 0 Å². The molecule has 7 nitrogen and oxygen atoms in total. The van der Waals surface area contributed by atoms with Gasteiger partial charge in [-0.15, -0.1) is 0 Å². The molecular formula is C20H31N3O4. The van der Waals surface area contributed by atoms with E-state index in [1.807, 2.05) is 58.0 Å². The van der Waals surface area contributed by atoms with Crippen molar-refractivity contribution in [2.24, 2.45) is 0 Å². The molecule has 1 fully saturated rings. The van der Waals surface area contributed by atoms with E-state index in [4.69, 9.17) is 4.74 Å². The molecule has 0 saturated carbocycles. The molecule has 1 aliphatic heterocycles. The predicted octanol–water partition coefficient (Wildman–Crippen LogP) is 3.11. The van der Waals surface area contributed by atoms with Gasteiger partial charge in [0.2, 0.25) is 0 Å². The maximum atomic E-state index is 12.2. The third kappa shape index (κ3) is 6.75. The molecule has 1 saturated heterocycles. The van der Waals surface area contributed by atoms with Gasteiger partial charge in [0.05, 0.1) is 0 Å². The lowest BCUT2D eigenvalue weighted by atomic mass is 10.2. The highest BCUT2D eigenvalue weighted by Gasteiger charge is 2.28. The summed E-state index contributed by atoms with van der Waals surface area (Å²) in [5, 5.41) is 9.54. The Hall–Kier alpha value is -2.28. The Morgan fingerprint density at radius 3 is 2.26 bits per heavy atom. The van der Waals surface area contributed by atoms with Gasteiger partial charge in [-0.05, 0) is 33.3 Å². The van der Waals surface area contributed by atoms with Gasteiger partial charge < -0.3 is 19.6 Å². The second-order valence-corrected chi connectivity index (χ2v) is 8.00. The van der Waals surface area contributed by atoms with Gasteiger partial charge in [0.15, 0.2) is 0 Å². The third-order valence-corrected chi connectivity index (χ3v) is 4.56. The average Bonchev–Trinajstić information content (AvgIpc) is 2.60. The minimum atomic E-state index is -0.918. The van der Waals surface area contributed by atoms with Gasteiger partial charge in [0.25, 0.3) is 0 Å². The fraction of sp³-hybridized carbons (Fsp3) is 0.600. The van der Waals surface area contributed by atoms with Crippen molar-refractivity contribution < 1.29 is 19.4 Å². The van der Waals surface area contributed by atoms with Crippen LogP contribution in [0.4, 0.5) is 9.59 Å². The summed E-state index contributed by atoms with van der Waals surface area (Å²) in [7, 11) is 0. The first-order chi connectivity index (χ1) is 12.7. The minimum absolute atomic E-state index is 0.0746. The van der Waals surface area contributed by atoms with Gasteiger partial charge >= 0.3 is 12.2 Å². The van der Waals surface area contributed by atoms with E-state index in [1.54, 1.807) is 4.90 Å². The molecule has 0 spiro atoms. The fourth-order valence-electron chi connectivity index (χ4n) is 3.12. The number of carbonyl (C=O) groups is 2. The first-order valence-electron chi connectivity index (χ1n) is 9.39. The summed E-state index contributed by atoms with van der Waals surface area (Å²) < 4.78 is 5.42. The summed E-state index contributed by atoms with van der Waals surface area (Å²) in [6.07, 6.45) is -1.20. The van der Waals surface area contributed by atoms with E-state index in [-0.39, 0.29) is 12.1 Å². The molecule has 2 amide bonds. The molecule has 2 rings (SSSR count). The molecule has 1 heterocycles. The number of benzene rings is 1. The Bertz CT molecular complexity index is 622. The summed E-state index contributed by atoms with van der Waals surface area (Å²) >= 11 is 0. The van der Waals surface area contributed by atoms with Crippen molar-refractivity contribution in [3.8, 4) is 0 Å². The maximum Gasteiger partial charge on any atom is 0.410 e. The van der Waals surface area contributed by atoms with Gasteiger partial charge in [0, 0.05) is 45.3 Å². The number of rotatable bonds is 5. The van der Waals surface area contributed by atoms with E-state index in [0.717, 1.165) is 5.56 Å². The minimum Gasteiger partial charge on any atom is -0.465 e.